The number of methoxy groups -OCH3 is 1. The lowest BCUT2D eigenvalue weighted by Crippen LogP contribution is -2.50. The molecule has 0 saturated carbocycles. The quantitative estimate of drug-likeness (QED) is 0.0438. The van der Waals surface area contributed by atoms with E-state index in [9.17, 15) is 29.5 Å². The van der Waals surface area contributed by atoms with Gasteiger partial charge in [-0.15, -0.1) is 0 Å². The molecule has 93 heavy (non-hydrogen) atoms. The molecule has 6 aromatic carbocycles. The molecule has 18 nitrogen and oxygen atoms in total. The average Bonchev–Trinajstić information content (AvgIpc) is 1.62. The van der Waals surface area contributed by atoms with Crippen LogP contribution in [0.3, 0.4) is 0 Å². The largest absolute Gasteiger partial charge is 0.508 e. The van der Waals surface area contributed by atoms with Crippen molar-refractivity contribution in [2.24, 2.45) is 5.41 Å². The number of likely N-dealkylation sites (N-methyl/N-ethyl adjacent to an activating group) is 1. The molecular weight excluding hydrogens is 1260 g/mol. The highest BCUT2D eigenvalue weighted by Crippen LogP contribution is 2.53. The number of ketones is 1. The molecule has 0 radical (unpaired) electrons. The predicted octanol–water partition coefficient (Wildman–Crippen LogP) is 12.5. The van der Waals surface area contributed by atoms with Crippen molar-refractivity contribution < 1.29 is 56.4 Å². The van der Waals surface area contributed by atoms with E-state index in [1.54, 1.807) is 57.0 Å². The first-order chi connectivity index (χ1) is 44.2. The van der Waals surface area contributed by atoms with Gasteiger partial charge < -0.3 is 54.7 Å². The van der Waals surface area contributed by atoms with Gasteiger partial charge in [-0.25, -0.2) is 22.9 Å². The Labute approximate surface area is 553 Å². The lowest BCUT2D eigenvalue weighted by molar-refractivity contribution is -0.130. The number of anilines is 2. The summed E-state index contributed by atoms with van der Waals surface area (Å²) in [7, 11) is 3.05. The van der Waals surface area contributed by atoms with Crippen molar-refractivity contribution >= 4 is 91.9 Å². The second-order valence-electron chi connectivity index (χ2n) is 25.3. The number of benzene rings is 6. The third-order valence-electron chi connectivity index (χ3n) is 16.4. The van der Waals surface area contributed by atoms with Gasteiger partial charge in [-0.1, -0.05) is 104 Å². The zero-order chi connectivity index (χ0) is 67.1. The number of nitrogens with one attached hydrogen (secondary N) is 3. The summed E-state index contributed by atoms with van der Waals surface area (Å²) in [6.45, 7) is 13.8. The van der Waals surface area contributed by atoms with Crippen molar-refractivity contribution in [1.82, 2.24) is 30.4 Å². The van der Waals surface area contributed by atoms with Crippen LogP contribution in [0.2, 0.25) is 15.1 Å². The molecule has 3 amide bonds. The molecule has 3 heterocycles. The number of phenolic OH excluding ortho intramolecular Hbond substituents is 1. The number of ether oxygens (including phenoxy) is 4. The zero-order valence-corrected chi connectivity index (χ0v) is 55.3. The Morgan fingerprint density at radius 2 is 1.56 bits per heavy atom. The molecule has 7 aromatic rings. The summed E-state index contributed by atoms with van der Waals surface area (Å²) in [6, 6.07) is 25.2. The van der Waals surface area contributed by atoms with Gasteiger partial charge in [-0.3, -0.25) is 14.4 Å². The minimum Gasteiger partial charge on any atom is -0.508 e. The van der Waals surface area contributed by atoms with Gasteiger partial charge in [0.1, 0.15) is 45.5 Å². The summed E-state index contributed by atoms with van der Waals surface area (Å²) >= 11 is 19.4. The number of carbonyl (C=O) groups excluding carboxylic acids is 4. The molecule has 2 saturated heterocycles. The number of piperazine rings is 1. The SMILES string of the molecule is COc1cc(C(=O)NCCOCCOCCN(C)C(=O)CCNc2nc(N3CCN(C(=O)OC(C)(C)C)CC3)c3cc(Cl)c(-c4cc(O)cc5ccccc45)c(F)c3n2)ccc1CC(=O)[C@@H]1N[C@@H](CC(C)(C)C)[C@](C#N)(c2ccc(Cl)cc2F)[C@H]1c1cccc(Cl)c1F. The number of fused-ring (bicyclic) bond motifs is 2. The van der Waals surface area contributed by atoms with E-state index in [0.717, 1.165) is 6.07 Å². The predicted molar refractivity (Wildman–Crippen MR) is 353 cm³/mol. The molecule has 2 fully saturated rings. The fourth-order valence-electron chi connectivity index (χ4n) is 12.1. The number of aromatic nitrogens is 2. The molecule has 2 aliphatic rings. The number of amides is 3. The summed E-state index contributed by atoms with van der Waals surface area (Å²) in [6.07, 6.45) is -0.372. The first-order valence-electron chi connectivity index (χ1n) is 30.5. The Kier molecular flexibility index (Phi) is 22.0. The number of phenols is 1. The first-order valence-corrected chi connectivity index (χ1v) is 31.7. The van der Waals surface area contributed by atoms with Crippen LogP contribution >= 0.6 is 34.8 Å². The maximum atomic E-state index is 17.2. The summed E-state index contributed by atoms with van der Waals surface area (Å²) in [5.74, 6) is -4.07. The standard InChI is InChI=1S/C69H75Cl3F3N9O9/c1-67(2,3)38-55-69(39-76,49-19-18-43(70)35-52(49)73)58(46-14-11-15-50(71)59(46)74)62(79-55)53(86)33-41-16-17-42(34-54(41)90-8)64(88)77-22-28-91-30-31-92-29-27-82(7)56(87)20-21-78-65-80-61-48(63(81-65)83-23-25-84(26-24-83)66(89)93-68(4,5)6)37-51(72)57(60(61)75)47-36-44(85)32-40-12-9-10-13-45(40)47/h9-19,32,34-37,55,58,62,79,85H,20-31,33,38H2,1-8H3,(H,77,88)(H,78,80,81)/t55-,58-,62-,69-/m0/s1. The number of hydrogen-bond donors (Lipinski definition) is 4. The average molecular weight is 1340 g/mol. The summed E-state index contributed by atoms with van der Waals surface area (Å²) in [4.78, 5) is 68.8. The van der Waals surface area contributed by atoms with Gasteiger partial charge in [-0.2, -0.15) is 10.2 Å². The molecular formula is C69H75Cl3F3N9O9. The van der Waals surface area contributed by atoms with Gasteiger partial charge in [-0.05, 0) is 103 Å². The van der Waals surface area contributed by atoms with Crippen molar-refractivity contribution in [2.45, 2.75) is 89.8 Å². The zero-order valence-electron chi connectivity index (χ0n) is 53.0. The van der Waals surface area contributed by atoms with E-state index < -0.39 is 69.7 Å². The number of rotatable bonds is 23. The van der Waals surface area contributed by atoms with Crippen LogP contribution in [0.1, 0.15) is 87.4 Å². The van der Waals surface area contributed by atoms with Gasteiger partial charge in [0.2, 0.25) is 11.9 Å². The number of aromatic hydroxyl groups is 1. The third kappa shape index (κ3) is 16.0. The van der Waals surface area contributed by atoms with Crippen LogP contribution in [0.5, 0.6) is 11.5 Å². The second-order valence-corrected chi connectivity index (χ2v) is 26.6. The Hall–Kier alpha value is -7.97. The van der Waals surface area contributed by atoms with Crippen molar-refractivity contribution in [3.63, 3.8) is 0 Å². The highest BCUT2D eigenvalue weighted by molar-refractivity contribution is 6.35. The normalized spacial score (nSPS) is 17.5. The third-order valence-corrected chi connectivity index (χ3v) is 17.3. The second kappa shape index (κ2) is 29.5. The van der Waals surface area contributed by atoms with Crippen LogP contribution in [0, 0.1) is 34.2 Å². The van der Waals surface area contributed by atoms with Crippen molar-refractivity contribution in [3.05, 3.63) is 152 Å². The molecule has 9 rings (SSSR count). The maximum absolute atomic E-state index is 17.2. The van der Waals surface area contributed by atoms with Crippen molar-refractivity contribution in [1.29, 1.82) is 5.26 Å². The van der Waals surface area contributed by atoms with E-state index in [0.29, 0.717) is 65.7 Å². The maximum Gasteiger partial charge on any atom is 0.410 e. The minimum absolute atomic E-state index is 0.0287. The Morgan fingerprint density at radius 3 is 2.26 bits per heavy atom. The monoisotopic (exact) mass is 1340 g/mol. The van der Waals surface area contributed by atoms with Gasteiger partial charge >= 0.3 is 6.09 Å². The van der Waals surface area contributed by atoms with Gasteiger partial charge in [0.25, 0.3) is 5.91 Å². The topological polar surface area (TPSA) is 221 Å². The molecule has 4 N–H and O–H groups in total. The Bertz CT molecular complexity index is 3990. The summed E-state index contributed by atoms with van der Waals surface area (Å²) < 4.78 is 72.3. The number of halogens is 6. The molecule has 0 unspecified atom stereocenters. The molecule has 0 aliphatic carbocycles. The molecule has 24 heteroatoms. The van der Waals surface area contributed by atoms with Crippen molar-refractivity contribution in [3.8, 4) is 28.7 Å². The van der Waals surface area contributed by atoms with Gasteiger partial charge in [0.15, 0.2) is 11.6 Å². The highest BCUT2D eigenvalue weighted by Gasteiger charge is 2.61. The Morgan fingerprint density at radius 1 is 0.828 bits per heavy atom. The molecule has 2 aliphatic heterocycles. The van der Waals surface area contributed by atoms with Crippen molar-refractivity contribution in [2.75, 3.05) is 96.6 Å². The lowest BCUT2D eigenvalue weighted by atomic mass is 9.62. The van der Waals surface area contributed by atoms with Gasteiger partial charge in [0, 0.05) is 110 Å². The minimum atomic E-state index is -1.81. The number of nitriles is 1. The number of nitrogens with zero attached hydrogens (tertiary/aromatic N) is 6. The van der Waals surface area contributed by atoms with E-state index in [1.165, 1.54) is 54.5 Å². The van der Waals surface area contributed by atoms with Crippen LogP contribution in [-0.2, 0) is 35.6 Å². The lowest BCUT2D eigenvalue weighted by Gasteiger charge is -2.37. The van der Waals surface area contributed by atoms with E-state index in [4.69, 9.17) is 58.7 Å². The van der Waals surface area contributed by atoms with Crippen LogP contribution in [0.15, 0.2) is 97.1 Å². The van der Waals surface area contributed by atoms with Crippen LogP contribution < -0.4 is 25.6 Å². The summed E-state index contributed by atoms with van der Waals surface area (Å²) in [5.41, 5.74) is -1.95. The fraction of sp³-hybridized carbons (Fsp3) is 0.406. The fourth-order valence-corrected chi connectivity index (χ4v) is 12.7. The molecule has 492 valence electrons. The Balaban J connectivity index is 0.757. The molecule has 4 atom stereocenters. The summed E-state index contributed by atoms with van der Waals surface area (Å²) in [5, 5.41) is 32.9. The van der Waals surface area contributed by atoms with E-state index in [1.807, 2.05) is 49.9 Å². The number of hydrogen-bond acceptors (Lipinski definition) is 15. The van der Waals surface area contributed by atoms with Gasteiger partial charge in [0.05, 0.1) is 55.7 Å². The molecule has 1 aromatic heterocycles. The van der Waals surface area contributed by atoms with E-state index in [2.05, 4.69) is 27.0 Å². The van der Waals surface area contributed by atoms with Crippen LogP contribution in [0.25, 0.3) is 32.8 Å². The number of carbonyl (C=O) groups is 4. The number of Topliss-reactive ketones (excluding diaryl/α,β-unsaturated/α-hetero) is 1. The first kappa shape index (κ1) is 69.4. The highest BCUT2D eigenvalue weighted by atomic mass is 35.5. The van der Waals surface area contributed by atoms with Crippen LogP contribution in [-0.4, -0.2) is 153 Å². The smallest absolute Gasteiger partial charge is 0.410 e. The molecule has 0 bridgehead atoms. The van der Waals surface area contributed by atoms with Crippen LogP contribution in [0.4, 0.5) is 29.7 Å². The molecule has 0 spiro atoms. The van der Waals surface area contributed by atoms with E-state index >= 15 is 13.2 Å². The van der Waals surface area contributed by atoms with E-state index in [-0.39, 0.29) is 125 Å².